The Bertz CT molecular complexity index is 1100. The van der Waals surface area contributed by atoms with Gasteiger partial charge in [0.1, 0.15) is 6.67 Å². The SMILES string of the molecule is CCCCOc1c2n(cc(C)c1=O)N(C(c1ccccc1)c1ccccc1)CN(C)C2=O. The van der Waals surface area contributed by atoms with E-state index in [0.717, 1.165) is 24.0 Å². The van der Waals surface area contributed by atoms with E-state index in [1.807, 2.05) is 41.1 Å². The fourth-order valence-corrected chi connectivity index (χ4v) is 4.09. The second-order valence-corrected chi connectivity index (χ2v) is 8.17. The number of amides is 1. The number of hydrogen-bond acceptors (Lipinski definition) is 4. The molecule has 2 heterocycles. The molecule has 3 aromatic rings. The van der Waals surface area contributed by atoms with Crippen molar-refractivity contribution < 1.29 is 9.53 Å². The summed E-state index contributed by atoms with van der Waals surface area (Å²) in [6.07, 6.45) is 3.52. The average molecular weight is 432 g/mol. The van der Waals surface area contributed by atoms with Crippen molar-refractivity contribution in [3.63, 3.8) is 0 Å². The van der Waals surface area contributed by atoms with Crippen LogP contribution in [-0.4, -0.2) is 35.8 Å². The normalized spacial score (nSPS) is 13.4. The summed E-state index contributed by atoms with van der Waals surface area (Å²) in [5.41, 5.74) is 2.78. The van der Waals surface area contributed by atoms with Crippen LogP contribution in [0.5, 0.6) is 5.75 Å². The van der Waals surface area contributed by atoms with Crippen LogP contribution in [0.15, 0.2) is 71.7 Å². The molecule has 0 atom stereocenters. The number of rotatable bonds is 7. The minimum absolute atomic E-state index is 0.139. The molecule has 32 heavy (non-hydrogen) atoms. The van der Waals surface area contributed by atoms with Crippen molar-refractivity contribution in [1.29, 1.82) is 0 Å². The first-order valence-corrected chi connectivity index (χ1v) is 11.0. The predicted molar refractivity (Wildman–Crippen MR) is 126 cm³/mol. The standard InChI is InChI=1S/C26H29N3O3/c1-4-5-16-32-25-23-26(31)27(3)18-29(28(23)17-19(2)24(25)30)22(20-12-8-6-9-13-20)21-14-10-7-11-15-21/h6-15,17,22H,4-5,16,18H2,1-3H3. The maximum absolute atomic E-state index is 13.2. The highest BCUT2D eigenvalue weighted by atomic mass is 16.5. The van der Waals surface area contributed by atoms with E-state index in [1.54, 1.807) is 25.1 Å². The Balaban J connectivity index is 1.92. The summed E-state index contributed by atoms with van der Waals surface area (Å²) in [5, 5.41) is 2.11. The summed E-state index contributed by atoms with van der Waals surface area (Å²) in [7, 11) is 1.76. The van der Waals surface area contributed by atoms with Crippen LogP contribution in [0, 0.1) is 6.92 Å². The minimum atomic E-state index is -0.230. The molecule has 6 nitrogen and oxygen atoms in total. The van der Waals surface area contributed by atoms with E-state index in [9.17, 15) is 9.59 Å². The molecular formula is C26H29N3O3. The van der Waals surface area contributed by atoms with Crippen molar-refractivity contribution in [2.75, 3.05) is 25.3 Å². The zero-order valence-electron chi connectivity index (χ0n) is 18.8. The highest BCUT2D eigenvalue weighted by Crippen LogP contribution is 2.32. The van der Waals surface area contributed by atoms with Gasteiger partial charge in [-0.05, 0) is 24.5 Å². The van der Waals surface area contributed by atoms with Gasteiger partial charge in [0.05, 0.1) is 12.6 Å². The fourth-order valence-electron chi connectivity index (χ4n) is 4.09. The van der Waals surface area contributed by atoms with Crippen LogP contribution in [0.1, 0.15) is 53.0 Å². The molecule has 0 aliphatic carbocycles. The molecule has 1 amide bonds. The second kappa shape index (κ2) is 9.30. The number of ether oxygens (including phenoxy) is 1. The van der Waals surface area contributed by atoms with Crippen molar-refractivity contribution in [3.05, 3.63) is 99.5 Å². The molecule has 4 rings (SSSR count). The number of nitrogens with zero attached hydrogens (tertiary/aromatic N) is 3. The number of benzene rings is 2. The molecule has 0 spiro atoms. The first-order chi connectivity index (χ1) is 15.5. The third-order valence-electron chi connectivity index (χ3n) is 5.78. The number of hydrogen-bond donors (Lipinski definition) is 0. The third kappa shape index (κ3) is 4.00. The lowest BCUT2D eigenvalue weighted by atomic mass is 9.98. The van der Waals surface area contributed by atoms with Crippen LogP contribution < -0.4 is 15.2 Å². The molecule has 2 aromatic carbocycles. The van der Waals surface area contributed by atoms with E-state index in [-0.39, 0.29) is 28.8 Å². The lowest BCUT2D eigenvalue weighted by Crippen LogP contribution is -2.54. The number of pyridine rings is 1. The summed E-state index contributed by atoms with van der Waals surface area (Å²) in [4.78, 5) is 27.8. The topological polar surface area (TPSA) is 54.8 Å². The van der Waals surface area contributed by atoms with E-state index in [0.29, 0.717) is 18.8 Å². The van der Waals surface area contributed by atoms with Crippen molar-refractivity contribution >= 4 is 5.91 Å². The maximum atomic E-state index is 13.2. The first kappa shape index (κ1) is 21.7. The van der Waals surface area contributed by atoms with Gasteiger partial charge in [-0.1, -0.05) is 74.0 Å². The highest BCUT2D eigenvalue weighted by molar-refractivity contribution is 5.96. The summed E-state index contributed by atoms with van der Waals surface area (Å²) in [6.45, 7) is 4.60. The quantitative estimate of drug-likeness (QED) is 0.529. The summed E-state index contributed by atoms with van der Waals surface area (Å²) in [6, 6.07) is 20.2. The highest BCUT2D eigenvalue weighted by Gasteiger charge is 2.36. The number of carbonyl (C=O) groups is 1. The molecule has 0 N–H and O–H groups in total. The number of aryl methyl sites for hydroxylation is 1. The predicted octanol–water partition coefficient (Wildman–Crippen LogP) is 4.11. The summed E-state index contributed by atoms with van der Waals surface area (Å²) in [5.74, 6) is -0.0791. The Morgan fingerprint density at radius 3 is 2.12 bits per heavy atom. The Morgan fingerprint density at radius 2 is 1.56 bits per heavy atom. The Labute approximate surface area is 188 Å². The van der Waals surface area contributed by atoms with Crippen LogP contribution in [0.2, 0.25) is 0 Å². The van der Waals surface area contributed by atoms with Crippen molar-refractivity contribution in [2.24, 2.45) is 0 Å². The van der Waals surface area contributed by atoms with Crippen molar-refractivity contribution in [1.82, 2.24) is 9.58 Å². The number of carbonyl (C=O) groups excluding carboxylic acids is 1. The second-order valence-electron chi connectivity index (χ2n) is 8.17. The van der Waals surface area contributed by atoms with Crippen LogP contribution >= 0.6 is 0 Å². The molecular weight excluding hydrogens is 402 g/mol. The molecule has 0 fully saturated rings. The van der Waals surface area contributed by atoms with Gasteiger partial charge in [-0.15, -0.1) is 0 Å². The molecule has 1 aliphatic rings. The van der Waals surface area contributed by atoms with Gasteiger partial charge in [-0.3, -0.25) is 19.3 Å². The van der Waals surface area contributed by atoms with Crippen molar-refractivity contribution in [2.45, 2.75) is 32.7 Å². The van der Waals surface area contributed by atoms with E-state index >= 15 is 0 Å². The van der Waals surface area contributed by atoms with Gasteiger partial charge < -0.3 is 9.64 Å². The maximum Gasteiger partial charge on any atom is 0.277 e. The third-order valence-corrected chi connectivity index (χ3v) is 5.78. The number of unbranched alkanes of at least 4 members (excludes halogenated alkanes) is 1. The first-order valence-electron chi connectivity index (χ1n) is 11.0. The van der Waals surface area contributed by atoms with Gasteiger partial charge in [0.25, 0.3) is 5.91 Å². The Kier molecular flexibility index (Phi) is 6.30. The van der Waals surface area contributed by atoms with Gasteiger partial charge in [-0.25, -0.2) is 0 Å². The van der Waals surface area contributed by atoms with Gasteiger partial charge in [0, 0.05) is 18.8 Å². The van der Waals surface area contributed by atoms with E-state index < -0.39 is 0 Å². The largest absolute Gasteiger partial charge is 0.487 e. The minimum Gasteiger partial charge on any atom is -0.487 e. The smallest absolute Gasteiger partial charge is 0.277 e. The van der Waals surface area contributed by atoms with Crippen LogP contribution in [-0.2, 0) is 0 Å². The Hall–Kier alpha value is -3.54. The lowest BCUT2D eigenvalue weighted by Gasteiger charge is -2.43. The van der Waals surface area contributed by atoms with Crippen LogP contribution in [0.4, 0.5) is 0 Å². The zero-order valence-corrected chi connectivity index (χ0v) is 18.8. The van der Waals surface area contributed by atoms with Gasteiger partial charge in [-0.2, -0.15) is 0 Å². The molecule has 0 saturated carbocycles. The fraction of sp³-hybridized carbons (Fsp3) is 0.308. The summed E-state index contributed by atoms with van der Waals surface area (Å²) < 4.78 is 7.73. The Morgan fingerprint density at radius 1 is 0.969 bits per heavy atom. The zero-order chi connectivity index (χ0) is 22.7. The molecule has 0 radical (unpaired) electrons. The van der Waals surface area contributed by atoms with Crippen LogP contribution in [0.25, 0.3) is 0 Å². The summed E-state index contributed by atoms with van der Waals surface area (Å²) >= 11 is 0. The molecule has 1 aliphatic heterocycles. The van der Waals surface area contributed by atoms with E-state index in [2.05, 4.69) is 36.2 Å². The van der Waals surface area contributed by atoms with Gasteiger partial charge >= 0.3 is 0 Å². The number of aromatic nitrogens is 1. The van der Waals surface area contributed by atoms with E-state index in [4.69, 9.17) is 4.74 Å². The molecule has 6 heteroatoms. The van der Waals surface area contributed by atoms with E-state index in [1.165, 1.54) is 0 Å². The molecule has 1 aromatic heterocycles. The van der Waals surface area contributed by atoms with Gasteiger partial charge in [0.15, 0.2) is 11.4 Å². The van der Waals surface area contributed by atoms with Gasteiger partial charge in [0.2, 0.25) is 5.43 Å². The number of fused-ring (bicyclic) bond motifs is 1. The monoisotopic (exact) mass is 431 g/mol. The molecule has 0 saturated heterocycles. The molecule has 0 bridgehead atoms. The lowest BCUT2D eigenvalue weighted by molar-refractivity contribution is 0.0724. The molecule has 0 unspecified atom stereocenters. The average Bonchev–Trinajstić information content (AvgIpc) is 2.81. The molecule has 166 valence electrons. The van der Waals surface area contributed by atoms with Crippen molar-refractivity contribution in [3.8, 4) is 5.75 Å². The van der Waals surface area contributed by atoms with Crippen LogP contribution in [0.3, 0.4) is 0 Å².